The van der Waals surface area contributed by atoms with Crippen LogP contribution in [0.3, 0.4) is 0 Å². The Labute approximate surface area is 238 Å². The highest BCUT2D eigenvalue weighted by Gasteiger charge is 2.46. The standard InChI is InChI=1S/C30H48N4O4S/c1-4-7-10-12-15-25-17-19-26(20-18-25)37-23-29(35)38-28-22-33(21-14-9-6-3)24-34(28,36)30-32-31-27(39-30)16-13-11-8-5-2/h17-20,28H,4-16,21-24H2,1-3H3. The number of nitrogens with zero attached hydrogens (tertiary/aromatic N) is 4. The van der Waals surface area contributed by atoms with Gasteiger partial charge in [0, 0.05) is 13.0 Å². The number of hydroxylamine groups is 2. The first-order valence-electron chi connectivity index (χ1n) is 15.0. The van der Waals surface area contributed by atoms with Gasteiger partial charge in [-0.1, -0.05) is 89.4 Å². The maximum atomic E-state index is 14.1. The molecule has 2 aromatic rings. The molecule has 0 aliphatic carbocycles. The molecule has 1 aromatic heterocycles. The van der Waals surface area contributed by atoms with E-state index in [2.05, 4.69) is 35.9 Å². The van der Waals surface area contributed by atoms with E-state index in [4.69, 9.17) is 9.47 Å². The quantitative estimate of drug-likeness (QED) is 0.0791. The van der Waals surface area contributed by atoms with Gasteiger partial charge < -0.3 is 14.7 Å². The fourth-order valence-electron chi connectivity index (χ4n) is 4.89. The van der Waals surface area contributed by atoms with Crippen LogP contribution in [0.25, 0.3) is 0 Å². The monoisotopic (exact) mass is 560 g/mol. The van der Waals surface area contributed by atoms with Crippen molar-refractivity contribution < 1.29 is 14.3 Å². The number of quaternary nitrogens is 1. The SMILES string of the molecule is CCCCCCc1ccc(OCC(=O)OC2CN(CCCCC)C[N+]2([O-])c2nnc(CCCCCC)s2)cc1. The van der Waals surface area contributed by atoms with E-state index >= 15 is 0 Å². The predicted octanol–water partition coefficient (Wildman–Crippen LogP) is 7.00. The van der Waals surface area contributed by atoms with Crippen molar-refractivity contribution in [1.29, 1.82) is 0 Å². The third kappa shape index (κ3) is 10.1. The molecule has 0 spiro atoms. The predicted molar refractivity (Wildman–Crippen MR) is 159 cm³/mol. The molecule has 0 radical (unpaired) electrons. The molecular weight excluding hydrogens is 512 g/mol. The highest BCUT2D eigenvalue weighted by molar-refractivity contribution is 7.15. The summed E-state index contributed by atoms with van der Waals surface area (Å²) in [6.45, 7) is 7.73. The average molecular weight is 561 g/mol. The Morgan fingerprint density at radius 1 is 0.949 bits per heavy atom. The molecule has 2 unspecified atom stereocenters. The number of rotatable bonds is 19. The number of esters is 1. The summed E-state index contributed by atoms with van der Waals surface area (Å²) in [5.41, 5.74) is 1.27. The van der Waals surface area contributed by atoms with E-state index in [0.29, 0.717) is 17.4 Å². The molecular formula is C30H48N4O4S. The lowest BCUT2D eigenvalue weighted by Gasteiger charge is -2.38. The second-order valence-corrected chi connectivity index (χ2v) is 11.7. The maximum absolute atomic E-state index is 14.1. The molecule has 1 aromatic carbocycles. The van der Waals surface area contributed by atoms with Crippen molar-refractivity contribution in [1.82, 2.24) is 19.7 Å². The van der Waals surface area contributed by atoms with E-state index in [-0.39, 0.29) is 13.3 Å². The van der Waals surface area contributed by atoms with Crippen LogP contribution in [0.2, 0.25) is 0 Å². The zero-order chi connectivity index (χ0) is 27.9. The van der Waals surface area contributed by atoms with Crippen LogP contribution in [0.4, 0.5) is 5.13 Å². The molecule has 218 valence electrons. The van der Waals surface area contributed by atoms with Gasteiger partial charge in [-0.2, -0.15) is 0 Å². The van der Waals surface area contributed by atoms with E-state index in [1.165, 1.54) is 55.4 Å². The largest absolute Gasteiger partial charge is 0.622 e. The summed E-state index contributed by atoms with van der Waals surface area (Å²) in [6.07, 6.45) is 13.7. The zero-order valence-corrected chi connectivity index (χ0v) is 25.1. The number of hydrogen-bond acceptors (Lipinski definition) is 8. The summed E-state index contributed by atoms with van der Waals surface area (Å²) >= 11 is 1.36. The van der Waals surface area contributed by atoms with E-state index in [9.17, 15) is 10.0 Å². The fraction of sp³-hybridized carbons (Fsp3) is 0.700. The van der Waals surface area contributed by atoms with Crippen LogP contribution in [0.1, 0.15) is 102 Å². The average Bonchev–Trinajstić information content (AvgIpc) is 3.54. The van der Waals surface area contributed by atoms with Crippen LogP contribution < -0.4 is 9.38 Å². The lowest BCUT2D eigenvalue weighted by Crippen LogP contribution is -2.51. The van der Waals surface area contributed by atoms with Gasteiger partial charge in [0.05, 0.1) is 6.54 Å². The molecule has 1 aliphatic rings. The Kier molecular flexibility index (Phi) is 13.6. The first-order chi connectivity index (χ1) is 19.0. The first kappa shape index (κ1) is 31.5. The number of benzene rings is 1. The van der Waals surface area contributed by atoms with Gasteiger partial charge in [0.1, 0.15) is 17.4 Å². The van der Waals surface area contributed by atoms with Crippen molar-refractivity contribution in [2.45, 2.75) is 110 Å². The molecule has 1 fully saturated rings. The summed E-state index contributed by atoms with van der Waals surface area (Å²) in [4.78, 5) is 14.9. The molecule has 1 aliphatic heterocycles. The minimum atomic E-state index is -0.880. The number of aryl methyl sites for hydroxylation is 2. The summed E-state index contributed by atoms with van der Waals surface area (Å²) in [7, 11) is 0. The van der Waals surface area contributed by atoms with Gasteiger partial charge >= 0.3 is 11.1 Å². The molecule has 9 heteroatoms. The smallest absolute Gasteiger partial charge is 0.348 e. The number of ether oxygens (including phenoxy) is 2. The fourth-order valence-corrected chi connectivity index (χ4v) is 5.84. The van der Waals surface area contributed by atoms with Crippen LogP contribution >= 0.6 is 11.3 Å². The molecule has 0 bridgehead atoms. The molecule has 0 amide bonds. The normalized spacial score (nSPS) is 19.4. The Morgan fingerprint density at radius 3 is 2.31 bits per heavy atom. The number of hydrogen-bond donors (Lipinski definition) is 0. The van der Waals surface area contributed by atoms with Gasteiger partial charge in [-0.15, -0.1) is 5.10 Å². The summed E-state index contributed by atoms with van der Waals surface area (Å²) < 4.78 is 10.7. The van der Waals surface area contributed by atoms with E-state index < -0.39 is 16.8 Å². The van der Waals surface area contributed by atoms with Gasteiger partial charge in [-0.05, 0) is 54.7 Å². The van der Waals surface area contributed by atoms with E-state index in [1.807, 2.05) is 24.3 Å². The van der Waals surface area contributed by atoms with Crippen molar-refractivity contribution in [3.05, 3.63) is 40.0 Å². The van der Waals surface area contributed by atoms with Gasteiger partial charge in [0.15, 0.2) is 6.61 Å². The molecule has 1 saturated heterocycles. The van der Waals surface area contributed by atoms with Crippen LogP contribution in [0.15, 0.2) is 24.3 Å². The molecule has 2 atom stereocenters. The minimum Gasteiger partial charge on any atom is -0.622 e. The molecule has 39 heavy (non-hydrogen) atoms. The summed E-state index contributed by atoms with van der Waals surface area (Å²) in [5, 5.41) is 23.9. The molecule has 0 saturated carbocycles. The summed E-state index contributed by atoms with van der Waals surface area (Å²) in [6, 6.07) is 7.88. The molecule has 8 nitrogen and oxygen atoms in total. The van der Waals surface area contributed by atoms with Gasteiger partial charge in [0.2, 0.25) is 0 Å². The summed E-state index contributed by atoms with van der Waals surface area (Å²) in [5.74, 6) is 0.0818. The number of carbonyl (C=O) groups excluding carboxylic acids is 1. The minimum absolute atomic E-state index is 0.215. The van der Waals surface area contributed by atoms with Crippen molar-refractivity contribution in [3.8, 4) is 5.75 Å². The lowest BCUT2D eigenvalue weighted by molar-refractivity contribution is -0.155. The highest BCUT2D eigenvalue weighted by atomic mass is 32.1. The number of aromatic nitrogens is 2. The highest BCUT2D eigenvalue weighted by Crippen LogP contribution is 2.35. The van der Waals surface area contributed by atoms with E-state index in [0.717, 1.165) is 56.5 Å². The Bertz CT molecular complexity index is 970. The maximum Gasteiger partial charge on any atom is 0.348 e. The number of unbranched alkanes of at least 4 members (excludes halogenated alkanes) is 8. The van der Waals surface area contributed by atoms with Crippen LogP contribution in [-0.2, 0) is 22.4 Å². The van der Waals surface area contributed by atoms with Crippen LogP contribution in [0.5, 0.6) is 5.75 Å². The third-order valence-electron chi connectivity index (χ3n) is 7.26. The van der Waals surface area contributed by atoms with Crippen LogP contribution in [-0.4, -0.2) is 53.7 Å². The van der Waals surface area contributed by atoms with E-state index in [1.54, 1.807) is 0 Å². The van der Waals surface area contributed by atoms with Crippen molar-refractivity contribution in [2.75, 3.05) is 26.4 Å². The first-order valence-corrected chi connectivity index (χ1v) is 15.8. The molecule has 0 N–H and O–H groups in total. The number of carbonyl (C=O) groups is 1. The van der Waals surface area contributed by atoms with Gasteiger partial charge in [-0.25, -0.2) is 9.69 Å². The van der Waals surface area contributed by atoms with Crippen molar-refractivity contribution >= 4 is 22.4 Å². The molecule has 2 heterocycles. The lowest BCUT2D eigenvalue weighted by atomic mass is 10.1. The van der Waals surface area contributed by atoms with Crippen molar-refractivity contribution in [2.24, 2.45) is 0 Å². The van der Waals surface area contributed by atoms with Gasteiger partial charge in [-0.3, -0.25) is 4.65 Å². The zero-order valence-electron chi connectivity index (χ0n) is 24.2. The third-order valence-corrected chi connectivity index (χ3v) is 8.35. The van der Waals surface area contributed by atoms with Crippen molar-refractivity contribution in [3.63, 3.8) is 0 Å². The molecule has 3 rings (SSSR count). The second-order valence-electron chi connectivity index (χ2n) is 10.7. The van der Waals surface area contributed by atoms with Crippen LogP contribution in [0, 0.1) is 5.21 Å². The second kappa shape index (κ2) is 16.9. The van der Waals surface area contributed by atoms with Gasteiger partial charge in [0.25, 0.3) is 6.23 Å². The topological polar surface area (TPSA) is 87.6 Å². The Morgan fingerprint density at radius 2 is 1.62 bits per heavy atom. The Balaban J connectivity index is 1.57. The Hall–Kier alpha value is -2.07.